The molecule has 1 unspecified atom stereocenters. The van der Waals surface area contributed by atoms with Gasteiger partial charge in [0.05, 0.1) is 19.3 Å². The van der Waals surface area contributed by atoms with Crippen molar-refractivity contribution in [2.75, 3.05) is 18.5 Å². The average Bonchev–Trinajstić information content (AvgIpc) is 2.94. The number of thiophene rings is 1. The molecule has 1 heterocycles. The molecule has 0 aliphatic carbocycles. The van der Waals surface area contributed by atoms with Crippen LogP contribution in [0.15, 0.2) is 35.7 Å². The Morgan fingerprint density at radius 1 is 1.35 bits per heavy atom. The van der Waals surface area contributed by atoms with Crippen LogP contribution in [0.1, 0.15) is 10.4 Å². The van der Waals surface area contributed by atoms with E-state index in [9.17, 15) is 5.11 Å². The molecule has 0 spiro atoms. The second-order valence-electron chi connectivity index (χ2n) is 4.54. The maximum absolute atomic E-state index is 9.88. The summed E-state index contributed by atoms with van der Waals surface area (Å²) in [7, 11) is 0. The van der Waals surface area contributed by atoms with Crippen LogP contribution in [0.3, 0.4) is 0 Å². The van der Waals surface area contributed by atoms with Gasteiger partial charge in [0.1, 0.15) is 0 Å². The SMILES string of the molecule is Cc1c(Cl)cccc1NCC(O)COCc1cccs1. The number of aliphatic hydroxyl groups is 1. The van der Waals surface area contributed by atoms with Gasteiger partial charge in [-0.2, -0.15) is 0 Å². The van der Waals surface area contributed by atoms with Gasteiger partial charge in [-0.15, -0.1) is 11.3 Å². The van der Waals surface area contributed by atoms with Crippen molar-refractivity contribution in [2.45, 2.75) is 19.6 Å². The molecule has 1 aromatic carbocycles. The average molecular weight is 312 g/mol. The minimum absolute atomic E-state index is 0.310. The first-order chi connectivity index (χ1) is 9.66. The number of nitrogens with one attached hydrogen (secondary N) is 1. The van der Waals surface area contributed by atoms with E-state index >= 15 is 0 Å². The van der Waals surface area contributed by atoms with Crippen molar-refractivity contribution in [3.63, 3.8) is 0 Å². The molecule has 2 aromatic rings. The number of rotatable bonds is 7. The van der Waals surface area contributed by atoms with Crippen molar-refractivity contribution in [3.05, 3.63) is 51.2 Å². The molecule has 0 radical (unpaired) electrons. The van der Waals surface area contributed by atoms with Gasteiger partial charge in [-0.25, -0.2) is 0 Å². The molecule has 1 atom stereocenters. The third-order valence-electron chi connectivity index (χ3n) is 2.93. The van der Waals surface area contributed by atoms with Gasteiger partial charge >= 0.3 is 0 Å². The number of ether oxygens (including phenoxy) is 1. The monoisotopic (exact) mass is 311 g/mol. The van der Waals surface area contributed by atoms with Crippen LogP contribution in [0.4, 0.5) is 5.69 Å². The van der Waals surface area contributed by atoms with Gasteiger partial charge < -0.3 is 15.2 Å². The highest BCUT2D eigenvalue weighted by molar-refractivity contribution is 7.09. The molecule has 5 heteroatoms. The summed E-state index contributed by atoms with van der Waals surface area (Å²) >= 11 is 7.70. The molecule has 0 amide bonds. The lowest BCUT2D eigenvalue weighted by Gasteiger charge is -2.15. The molecule has 3 nitrogen and oxygen atoms in total. The second kappa shape index (κ2) is 7.64. The number of halogens is 1. The summed E-state index contributed by atoms with van der Waals surface area (Å²) < 4.78 is 5.48. The lowest BCUT2D eigenvalue weighted by atomic mass is 10.2. The quantitative estimate of drug-likeness (QED) is 0.819. The molecule has 0 saturated carbocycles. The lowest BCUT2D eigenvalue weighted by Crippen LogP contribution is -2.25. The Balaban J connectivity index is 1.72. The Kier molecular flexibility index (Phi) is 5.86. The number of hydrogen-bond acceptors (Lipinski definition) is 4. The zero-order valence-electron chi connectivity index (χ0n) is 11.3. The third kappa shape index (κ3) is 4.49. The highest BCUT2D eigenvalue weighted by Crippen LogP contribution is 2.22. The van der Waals surface area contributed by atoms with Gasteiger partial charge in [0.15, 0.2) is 0 Å². The van der Waals surface area contributed by atoms with Gasteiger partial charge in [-0.05, 0) is 36.1 Å². The first-order valence-corrected chi connectivity index (χ1v) is 7.69. The second-order valence-corrected chi connectivity index (χ2v) is 5.98. The molecule has 0 aliphatic rings. The predicted octanol–water partition coefficient (Wildman–Crippen LogP) is 3.70. The summed E-state index contributed by atoms with van der Waals surface area (Å²) in [6.45, 7) is 3.24. The largest absolute Gasteiger partial charge is 0.389 e. The van der Waals surface area contributed by atoms with Crippen molar-refractivity contribution in [1.82, 2.24) is 0 Å². The van der Waals surface area contributed by atoms with Gasteiger partial charge in [-0.3, -0.25) is 0 Å². The summed E-state index contributed by atoms with van der Waals surface area (Å²) in [4.78, 5) is 1.16. The van der Waals surface area contributed by atoms with E-state index in [-0.39, 0.29) is 0 Å². The van der Waals surface area contributed by atoms with E-state index in [2.05, 4.69) is 5.32 Å². The van der Waals surface area contributed by atoms with Crippen LogP contribution in [0.25, 0.3) is 0 Å². The van der Waals surface area contributed by atoms with Gasteiger partial charge in [-0.1, -0.05) is 23.7 Å². The van der Waals surface area contributed by atoms with Crippen LogP contribution in [0, 0.1) is 6.92 Å². The molecule has 0 fully saturated rings. The summed E-state index contributed by atoms with van der Waals surface area (Å²) in [5.74, 6) is 0. The highest BCUT2D eigenvalue weighted by Gasteiger charge is 2.07. The van der Waals surface area contributed by atoms with E-state index in [4.69, 9.17) is 16.3 Å². The van der Waals surface area contributed by atoms with E-state index in [1.807, 2.05) is 42.6 Å². The van der Waals surface area contributed by atoms with E-state index in [1.165, 1.54) is 0 Å². The fourth-order valence-corrected chi connectivity index (χ4v) is 2.59. The summed E-state index contributed by atoms with van der Waals surface area (Å²) in [5.41, 5.74) is 1.93. The number of benzene rings is 1. The van der Waals surface area contributed by atoms with Crippen LogP contribution >= 0.6 is 22.9 Å². The Bertz CT molecular complexity index is 531. The lowest BCUT2D eigenvalue weighted by molar-refractivity contribution is 0.0359. The van der Waals surface area contributed by atoms with Crippen LogP contribution in [-0.2, 0) is 11.3 Å². The van der Waals surface area contributed by atoms with Gasteiger partial charge in [0.2, 0.25) is 0 Å². The predicted molar refractivity (Wildman–Crippen MR) is 84.7 cm³/mol. The summed E-state index contributed by atoms with van der Waals surface area (Å²) in [6, 6.07) is 9.69. The summed E-state index contributed by atoms with van der Waals surface area (Å²) in [5, 5.41) is 15.8. The Labute approximate surface area is 128 Å². The molecule has 108 valence electrons. The molecular weight excluding hydrogens is 294 g/mol. The molecule has 2 rings (SSSR count). The molecule has 0 aliphatic heterocycles. The standard InChI is InChI=1S/C15H18ClNO2S/c1-11-14(16)5-2-6-15(11)17-8-12(18)9-19-10-13-4-3-7-20-13/h2-7,12,17-18H,8-10H2,1H3. The zero-order chi connectivity index (χ0) is 14.4. The fraction of sp³-hybridized carbons (Fsp3) is 0.333. The number of anilines is 1. The van der Waals surface area contributed by atoms with E-state index in [0.29, 0.717) is 19.8 Å². The number of aliphatic hydroxyl groups excluding tert-OH is 1. The fourth-order valence-electron chi connectivity index (χ4n) is 1.78. The van der Waals surface area contributed by atoms with Crippen molar-refractivity contribution in [2.24, 2.45) is 0 Å². The third-order valence-corrected chi connectivity index (χ3v) is 4.19. The smallest absolute Gasteiger partial charge is 0.0945 e. The van der Waals surface area contributed by atoms with Crippen molar-refractivity contribution in [1.29, 1.82) is 0 Å². The van der Waals surface area contributed by atoms with E-state index < -0.39 is 6.10 Å². The first-order valence-electron chi connectivity index (χ1n) is 6.44. The normalized spacial score (nSPS) is 12.3. The van der Waals surface area contributed by atoms with Crippen molar-refractivity contribution in [3.8, 4) is 0 Å². The van der Waals surface area contributed by atoms with Gasteiger partial charge in [0.25, 0.3) is 0 Å². The molecule has 20 heavy (non-hydrogen) atoms. The van der Waals surface area contributed by atoms with E-state index in [1.54, 1.807) is 11.3 Å². The zero-order valence-corrected chi connectivity index (χ0v) is 12.9. The highest BCUT2D eigenvalue weighted by atomic mass is 35.5. The maximum Gasteiger partial charge on any atom is 0.0945 e. The topological polar surface area (TPSA) is 41.5 Å². The Morgan fingerprint density at radius 2 is 2.20 bits per heavy atom. The Morgan fingerprint density at radius 3 is 2.95 bits per heavy atom. The molecule has 1 aromatic heterocycles. The number of hydrogen-bond donors (Lipinski definition) is 2. The van der Waals surface area contributed by atoms with Gasteiger partial charge in [0, 0.05) is 22.1 Å². The Hall–Kier alpha value is -1.07. The summed E-state index contributed by atoms with van der Waals surface area (Å²) in [6.07, 6.45) is -0.548. The van der Waals surface area contributed by atoms with Crippen LogP contribution in [0.5, 0.6) is 0 Å². The maximum atomic E-state index is 9.88. The van der Waals surface area contributed by atoms with Crippen LogP contribution < -0.4 is 5.32 Å². The minimum atomic E-state index is -0.548. The van der Waals surface area contributed by atoms with Crippen molar-refractivity contribution < 1.29 is 9.84 Å². The minimum Gasteiger partial charge on any atom is -0.389 e. The molecular formula is C15H18ClNO2S. The van der Waals surface area contributed by atoms with Crippen LogP contribution in [-0.4, -0.2) is 24.4 Å². The first kappa shape index (κ1) is 15.3. The molecule has 0 bridgehead atoms. The van der Waals surface area contributed by atoms with Crippen molar-refractivity contribution >= 4 is 28.6 Å². The van der Waals surface area contributed by atoms with E-state index in [0.717, 1.165) is 21.2 Å². The molecule has 0 saturated heterocycles. The molecule has 2 N–H and O–H groups in total. The van der Waals surface area contributed by atoms with Crippen LogP contribution in [0.2, 0.25) is 5.02 Å².